The van der Waals surface area contributed by atoms with Crippen LogP contribution in [0.2, 0.25) is 0 Å². The third kappa shape index (κ3) is 2.86. The minimum atomic E-state index is -0.131. The number of aryl methyl sites for hydroxylation is 2. The maximum atomic E-state index is 12.7. The molecule has 0 unspecified atom stereocenters. The normalized spacial score (nSPS) is 10.8. The van der Waals surface area contributed by atoms with Crippen LogP contribution in [0, 0.1) is 13.8 Å². The first kappa shape index (κ1) is 16.1. The number of imidazole rings is 1. The van der Waals surface area contributed by atoms with E-state index in [1.54, 1.807) is 0 Å². The summed E-state index contributed by atoms with van der Waals surface area (Å²) in [5.74, 6) is 0.607. The van der Waals surface area contributed by atoms with Gasteiger partial charge in [-0.25, -0.2) is 9.72 Å². The van der Waals surface area contributed by atoms with E-state index in [-0.39, 0.29) is 5.91 Å². The highest BCUT2D eigenvalue weighted by atomic mass is 16.1. The maximum Gasteiger partial charge on any atom is 0.311 e. The Morgan fingerprint density at radius 1 is 0.923 bits per heavy atom. The van der Waals surface area contributed by atoms with E-state index in [1.807, 2.05) is 60.0 Å². The van der Waals surface area contributed by atoms with Gasteiger partial charge in [0.2, 0.25) is 5.65 Å². The molecule has 0 bridgehead atoms. The lowest BCUT2D eigenvalue weighted by Crippen LogP contribution is -2.27. The molecule has 0 atom stereocenters. The lowest BCUT2D eigenvalue weighted by molar-refractivity contribution is -0.494. The highest BCUT2D eigenvalue weighted by molar-refractivity contribution is 6.05. The molecule has 0 saturated carbocycles. The number of amides is 1. The Morgan fingerprint density at radius 3 is 2.38 bits per heavy atom. The Hall–Kier alpha value is -3.40. The molecule has 0 aliphatic rings. The van der Waals surface area contributed by atoms with Gasteiger partial charge in [-0.2, -0.15) is 0 Å². The third-order valence-electron chi connectivity index (χ3n) is 4.53. The average Bonchev–Trinajstić information content (AvgIpc) is 3.03. The van der Waals surface area contributed by atoms with Crippen molar-refractivity contribution in [2.75, 3.05) is 5.32 Å². The fraction of sp³-hybridized carbons (Fsp3) is 0.0909. The number of fused-ring (bicyclic) bond motifs is 1. The molecular formula is C22H20N3O+. The van der Waals surface area contributed by atoms with Crippen LogP contribution in [0.5, 0.6) is 0 Å². The average molecular weight is 342 g/mol. The number of nitrogens with zero attached hydrogens (tertiary/aromatic N) is 1. The molecule has 2 N–H and O–H groups in total. The van der Waals surface area contributed by atoms with E-state index in [0.717, 1.165) is 28.3 Å². The summed E-state index contributed by atoms with van der Waals surface area (Å²) in [5.41, 5.74) is 5.83. The number of hydrogen-bond donors (Lipinski definition) is 2. The fourth-order valence-corrected chi connectivity index (χ4v) is 3.08. The Kier molecular flexibility index (Phi) is 4.01. The van der Waals surface area contributed by atoms with Crippen molar-refractivity contribution >= 4 is 17.4 Å². The molecule has 4 nitrogen and oxygen atoms in total. The zero-order valence-electron chi connectivity index (χ0n) is 14.8. The molecule has 2 heterocycles. The van der Waals surface area contributed by atoms with Gasteiger partial charge in [-0.15, -0.1) is 0 Å². The summed E-state index contributed by atoms with van der Waals surface area (Å²) in [6.45, 7) is 4.11. The van der Waals surface area contributed by atoms with E-state index in [4.69, 9.17) is 0 Å². The van der Waals surface area contributed by atoms with E-state index >= 15 is 0 Å². The summed E-state index contributed by atoms with van der Waals surface area (Å²) < 4.78 is 1.99. The second kappa shape index (κ2) is 6.48. The minimum Gasteiger partial charge on any atom is -0.267 e. The Labute approximate surface area is 152 Å². The first-order chi connectivity index (χ1) is 12.6. The van der Waals surface area contributed by atoms with Crippen molar-refractivity contribution in [2.45, 2.75) is 13.8 Å². The van der Waals surface area contributed by atoms with Crippen LogP contribution in [0.1, 0.15) is 21.5 Å². The van der Waals surface area contributed by atoms with Crippen molar-refractivity contribution in [3.05, 3.63) is 89.6 Å². The smallest absolute Gasteiger partial charge is 0.267 e. The first-order valence-electron chi connectivity index (χ1n) is 8.60. The lowest BCUT2D eigenvalue weighted by atomic mass is 10.1. The number of pyridine rings is 1. The predicted molar refractivity (Wildman–Crippen MR) is 103 cm³/mol. The van der Waals surface area contributed by atoms with Gasteiger partial charge in [0.15, 0.2) is 5.69 Å². The predicted octanol–water partition coefficient (Wildman–Crippen LogP) is 4.29. The van der Waals surface area contributed by atoms with Gasteiger partial charge >= 0.3 is 5.91 Å². The Morgan fingerprint density at radius 2 is 1.65 bits per heavy atom. The second-order valence-corrected chi connectivity index (χ2v) is 6.44. The van der Waals surface area contributed by atoms with Crippen LogP contribution in [-0.4, -0.2) is 10.9 Å². The van der Waals surface area contributed by atoms with Crippen molar-refractivity contribution in [1.29, 1.82) is 0 Å². The molecule has 0 spiro atoms. The molecule has 0 saturated heterocycles. The van der Waals surface area contributed by atoms with Crippen molar-refractivity contribution in [2.24, 2.45) is 0 Å². The molecule has 0 aliphatic carbocycles. The monoisotopic (exact) mass is 342 g/mol. The number of anilines is 1. The fourth-order valence-electron chi connectivity index (χ4n) is 3.08. The number of aromatic nitrogens is 2. The molecule has 2 aromatic heterocycles. The first-order valence-corrected chi connectivity index (χ1v) is 8.60. The van der Waals surface area contributed by atoms with E-state index in [0.29, 0.717) is 5.56 Å². The van der Waals surface area contributed by atoms with E-state index < -0.39 is 0 Å². The largest absolute Gasteiger partial charge is 0.311 e. The van der Waals surface area contributed by atoms with Crippen LogP contribution in [0.3, 0.4) is 0 Å². The van der Waals surface area contributed by atoms with E-state index in [9.17, 15) is 4.79 Å². The standard InChI is InChI=1S/C22H19N3O/c1-15-10-12-17(13-11-15)19-21(24-22(26)18-8-4-3-5-9-18)25-14-6-7-16(2)20(25)23-19/h3-14H,1-2H3,(H,24,26)/p+1. The molecule has 0 radical (unpaired) electrons. The number of benzene rings is 2. The van der Waals surface area contributed by atoms with Crippen LogP contribution in [-0.2, 0) is 0 Å². The highest BCUT2D eigenvalue weighted by Crippen LogP contribution is 2.26. The van der Waals surface area contributed by atoms with Crippen molar-refractivity contribution in [3.8, 4) is 11.3 Å². The number of aromatic amines is 1. The topological polar surface area (TPSA) is 49.0 Å². The van der Waals surface area contributed by atoms with Crippen LogP contribution >= 0.6 is 0 Å². The van der Waals surface area contributed by atoms with Crippen LogP contribution in [0.25, 0.3) is 16.9 Å². The maximum absolute atomic E-state index is 12.7. The zero-order chi connectivity index (χ0) is 18.1. The van der Waals surface area contributed by atoms with Crippen LogP contribution in [0.4, 0.5) is 5.82 Å². The van der Waals surface area contributed by atoms with Gasteiger partial charge in [0.05, 0.1) is 11.8 Å². The second-order valence-electron chi connectivity index (χ2n) is 6.44. The summed E-state index contributed by atoms with van der Waals surface area (Å²) in [6, 6.07) is 21.5. The highest BCUT2D eigenvalue weighted by Gasteiger charge is 2.24. The van der Waals surface area contributed by atoms with E-state index in [1.165, 1.54) is 5.56 Å². The number of rotatable bonds is 3. The van der Waals surface area contributed by atoms with Gasteiger partial charge in [-0.1, -0.05) is 48.0 Å². The minimum absolute atomic E-state index is 0.131. The molecule has 0 fully saturated rings. The van der Waals surface area contributed by atoms with Gasteiger partial charge < -0.3 is 0 Å². The van der Waals surface area contributed by atoms with Gasteiger partial charge in [0.1, 0.15) is 0 Å². The quantitative estimate of drug-likeness (QED) is 0.536. The molecule has 128 valence electrons. The van der Waals surface area contributed by atoms with Crippen molar-refractivity contribution in [3.63, 3.8) is 0 Å². The summed E-state index contributed by atoms with van der Waals surface area (Å²) in [6.07, 6.45) is 1.96. The van der Waals surface area contributed by atoms with E-state index in [2.05, 4.69) is 41.5 Å². The molecule has 4 rings (SSSR count). The van der Waals surface area contributed by atoms with Gasteiger partial charge in [0, 0.05) is 11.1 Å². The molecule has 1 amide bonds. The lowest BCUT2D eigenvalue weighted by Gasteiger charge is -2.03. The number of H-pyrrole nitrogens is 1. The summed E-state index contributed by atoms with van der Waals surface area (Å²) in [4.78, 5) is 16.2. The third-order valence-corrected chi connectivity index (χ3v) is 4.53. The molecule has 2 aromatic carbocycles. The number of hydrogen-bond acceptors (Lipinski definition) is 1. The van der Waals surface area contributed by atoms with Gasteiger partial charge in [0.25, 0.3) is 5.82 Å². The Balaban J connectivity index is 1.86. The molecule has 0 aliphatic heterocycles. The SMILES string of the molecule is Cc1ccc(-c2[nH]c3c(C)ccc[n+]3c2NC(=O)c2ccccc2)cc1. The summed E-state index contributed by atoms with van der Waals surface area (Å²) in [7, 11) is 0. The summed E-state index contributed by atoms with van der Waals surface area (Å²) in [5, 5.41) is 3.08. The Bertz CT molecular complexity index is 1080. The number of nitrogens with one attached hydrogen (secondary N) is 2. The van der Waals surface area contributed by atoms with Crippen LogP contribution in [0.15, 0.2) is 72.9 Å². The molecular weight excluding hydrogens is 322 g/mol. The number of carbonyl (C=O) groups is 1. The van der Waals surface area contributed by atoms with Gasteiger partial charge in [-0.05, 0) is 38.1 Å². The van der Waals surface area contributed by atoms with Crippen molar-refractivity contribution < 1.29 is 9.20 Å². The molecule has 26 heavy (non-hydrogen) atoms. The van der Waals surface area contributed by atoms with Gasteiger partial charge in [-0.3, -0.25) is 9.78 Å². The van der Waals surface area contributed by atoms with Crippen LogP contribution < -0.4 is 9.72 Å². The van der Waals surface area contributed by atoms with Crippen molar-refractivity contribution in [1.82, 2.24) is 4.98 Å². The summed E-state index contributed by atoms with van der Waals surface area (Å²) >= 11 is 0. The molecule has 4 heteroatoms. The molecule has 4 aromatic rings. The zero-order valence-corrected chi connectivity index (χ0v) is 14.8. The number of carbonyl (C=O) groups excluding carboxylic acids is 1.